The quantitative estimate of drug-likeness (QED) is 0.906. The number of halogens is 1. The first-order valence-corrected chi connectivity index (χ1v) is 9.67. The molecule has 0 saturated carbocycles. The average Bonchev–Trinajstić information content (AvgIpc) is 2.82. The van der Waals surface area contributed by atoms with E-state index in [-0.39, 0.29) is 0 Å². The smallest absolute Gasteiger partial charge is 0.175 e. The van der Waals surface area contributed by atoms with E-state index >= 15 is 0 Å². The third kappa shape index (κ3) is 4.12. The van der Waals surface area contributed by atoms with Gasteiger partial charge in [0, 0.05) is 23.4 Å². The van der Waals surface area contributed by atoms with Crippen molar-refractivity contribution in [3.05, 3.63) is 28.8 Å². The lowest BCUT2D eigenvalue weighted by atomic mass is 10.1. The Morgan fingerprint density at radius 3 is 2.89 bits per heavy atom. The summed E-state index contributed by atoms with van der Waals surface area (Å²) in [7, 11) is -3.23. The number of thioether (sulfide) groups is 1. The minimum Gasteiger partial charge on any atom is -0.312 e. The molecule has 0 aromatic heterocycles. The van der Waals surface area contributed by atoms with Crippen LogP contribution < -0.4 is 5.32 Å². The van der Waals surface area contributed by atoms with Crippen molar-refractivity contribution in [1.29, 1.82) is 0 Å². The monoisotopic (exact) mass is 319 g/mol. The molecule has 1 N–H and O–H groups in total. The molecule has 0 radical (unpaired) electrons. The van der Waals surface area contributed by atoms with E-state index in [2.05, 4.69) is 5.32 Å². The summed E-state index contributed by atoms with van der Waals surface area (Å²) in [6, 6.07) is 5.03. The van der Waals surface area contributed by atoms with E-state index in [0.717, 1.165) is 6.54 Å². The number of nitrogens with one attached hydrogen (secondary N) is 1. The van der Waals surface area contributed by atoms with Gasteiger partial charge in [-0.15, -0.1) is 0 Å². The fraction of sp³-hybridized carbons (Fsp3) is 0.538. The second-order valence-corrected chi connectivity index (χ2v) is 8.39. The van der Waals surface area contributed by atoms with Crippen molar-refractivity contribution in [2.24, 2.45) is 5.92 Å². The van der Waals surface area contributed by atoms with Crippen LogP contribution in [0.1, 0.15) is 12.0 Å². The molecule has 1 aliphatic rings. The van der Waals surface area contributed by atoms with Crippen molar-refractivity contribution in [2.45, 2.75) is 17.9 Å². The van der Waals surface area contributed by atoms with E-state index < -0.39 is 9.84 Å². The molecular weight excluding hydrogens is 302 g/mol. The Balaban J connectivity index is 2.06. The van der Waals surface area contributed by atoms with Crippen LogP contribution >= 0.6 is 23.4 Å². The van der Waals surface area contributed by atoms with E-state index in [4.69, 9.17) is 11.6 Å². The summed E-state index contributed by atoms with van der Waals surface area (Å²) < 4.78 is 23.5. The highest BCUT2D eigenvalue weighted by atomic mass is 35.5. The predicted octanol–water partition coefficient (Wildman–Crippen LogP) is 2.59. The molecule has 1 unspecified atom stereocenters. The topological polar surface area (TPSA) is 46.2 Å². The molecule has 1 aromatic rings. The zero-order chi connectivity index (χ0) is 13.9. The molecule has 0 bridgehead atoms. The number of rotatable bonds is 5. The molecule has 6 heteroatoms. The highest BCUT2D eigenvalue weighted by molar-refractivity contribution is 7.99. The zero-order valence-electron chi connectivity index (χ0n) is 10.9. The van der Waals surface area contributed by atoms with Crippen molar-refractivity contribution >= 4 is 33.2 Å². The molecular formula is C13H18ClNO2S2. The average molecular weight is 320 g/mol. The van der Waals surface area contributed by atoms with E-state index in [1.807, 2.05) is 11.8 Å². The van der Waals surface area contributed by atoms with Gasteiger partial charge in [-0.2, -0.15) is 11.8 Å². The van der Waals surface area contributed by atoms with Crippen LogP contribution in [0.15, 0.2) is 23.1 Å². The first-order valence-electron chi connectivity index (χ1n) is 6.24. The highest BCUT2D eigenvalue weighted by Gasteiger charge is 2.17. The molecule has 106 valence electrons. The Labute approximate surface area is 124 Å². The fourth-order valence-corrected chi connectivity index (χ4v) is 4.74. The second-order valence-electron chi connectivity index (χ2n) is 4.85. The Bertz CT molecular complexity index is 540. The second kappa shape index (κ2) is 6.48. The summed E-state index contributed by atoms with van der Waals surface area (Å²) in [5.41, 5.74) is 0.678. The predicted molar refractivity (Wildman–Crippen MR) is 81.7 cm³/mol. The van der Waals surface area contributed by atoms with Crippen LogP contribution in [-0.4, -0.2) is 32.7 Å². The van der Waals surface area contributed by atoms with Crippen LogP contribution in [0.25, 0.3) is 0 Å². The third-order valence-corrected chi connectivity index (χ3v) is 6.00. The van der Waals surface area contributed by atoms with Crippen molar-refractivity contribution in [3.63, 3.8) is 0 Å². The number of benzene rings is 1. The minimum atomic E-state index is -3.23. The lowest BCUT2D eigenvalue weighted by molar-refractivity contribution is 0.520. The molecule has 1 aliphatic heterocycles. The van der Waals surface area contributed by atoms with E-state index in [1.165, 1.54) is 24.2 Å². The van der Waals surface area contributed by atoms with Gasteiger partial charge in [-0.25, -0.2) is 8.42 Å². The van der Waals surface area contributed by atoms with Gasteiger partial charge < -0.3 is 5.32 Å². The van der Waals surface area contributed by atoms with Crippen molar-refractivity contribution in [3.8, 4) is 0 Å². The molecule has 3 nitrogen and oxygen atoms in total. The molecule has 0 amide bonds. The Morgan fingerprint density at radius 2 is 2.26 bits per heavy atom. The van der Waals surface area contributed by atoms with Crippen LogP contribution in [0, 0.1) is 5.92 Å². The number of hydrogen-bond donors (Lipinski definition) is 1. The SMILES string of the molecule is CS(=O)(=O)c1cccc(Cl)c1CNCC1CCSC1. The summed E-state index contributed by atoms with van der Waals surface area (Å²) in [5, 5.41) is 3.85. The molecule has 0 spiro atoms. The van der Waals surface area contributed by atoms with Crippen LogP contribution in [0.4, 0.5) is 0 Å². The summed E-state index contributed by atoms with van der Waals surface area (Å²) in [4.78, 5) is 0.327. The minimum absolute atomic E-state index is 0.327. The van der Waals surface area contributed by atoms with Gasteiger partial charge >= 0.3 is 0 Å². The zero-order valence-corrected chi connectivity index (χ0v) is 13.2. The van der Waals surface area contributed by atoms with Gasteiger partial charge in [0.05, 0.1) is 4.90 Å². The molecule has 1 fully saturated rings. The van der Waals surface area contributed by atoms with Crippen molar-refractivity contribution < 1.29 is 8.42 Å². The molecule has 1 saturated heterocycles. The van der Waals surface area contributed by atoms with E-state index in [0.29, 0.717) is 27.9 Å². The third-order valence-electron chi connectivity index (χ3n) is 3.23. The lowest BCUT2D eigenvalue weighted by Gasteiger charge is -2.13. The maximum absolute atomic E-state index is 11.7. The van der Waals surface area contributed by atoms with Crippen molar-refractivity contribution in [2.75, 3.05) is 24.3 Å². The molecule has 1 atom stereocenters. The van der Waals surface area contributed by atoms with Crippen LogP contribution in [0.3, 0.4) is 0 Å². The molecule has 19 heavy (non-hydrogen) atoms. The van der Waals surface area contributed by atoms with Gasteiger partial charge in [-0.05, 0) is 42.5 Å². The van der Waals surface area contributed by atoms with E-state index in [1.54, 1.807) is 18.2 Å². The fourth-order valence-electron chi connectivity index (χ4n) is 2.20. The normalized spacial score (nSPS) is 19.8. The summed E-state index contributed by atoms with van der Waals surface area (Å²) >= 11 is 8.10. The van der Waals surface area contributed by atoms with Gasteiger partial charge in [0.1, 0.15) is 0 Å². The Hall–Kier alpha value is -0.230. The first kappa shape index (κ1) is 15.2. The largest absolute Gasteiger partial charge is 0.312 e. The molecule has 2 rings (SSSR count). The standard InChI is InChI=1S/C13H18ClNO2S2/c1-19(16,17)13-4-2-3-12(14)11(13)8-15-7-10-5-6-18-9-10/h2-4,10,15H,5-9H2,1H3. The van der Waals surface area contributed by atoms with Gasteiger partial charge in [-0.3, -0.25) is 0 Å². The first-order chi connectivity index (χ1) is 8.98. The maximum Gasteiger partial charge on any atom is 0.175 e. The number of hydrogen-bond acceptors (Lipinski definition) is 4. The van der Waals surface area contributed by atoms with Gasteiger partial charge in [0.25, 0.3) is 0 Å². The Kier molecular flexibility index (Phi) is 5.17. The molecule has 1 heterocycles. The summed E-state index contributed by atoms with van der Waals surface area (Å²) in [6.45, 7) is 1.42. The highest BCUT2D eigenvalue weighted by Crippen LogP contribution is 2.25. The van der Waals surface area contributed by atoms with Gasteiger partial charge in [0.15, 0.2) is 9.84 Å². The number of sulfone groups is 1. The molecule has 1 aromatic carbocycles. The van der Waals surface area contributed by atoms with Gasteiger partial charge in [0.2, 0.25) is 0 Å². The van der Waals surface area contributed by atoms with Crippen LogP contribution in [-0.2, 0) is 16.4 Å². The van der Waals surface area contributed by atoms with Crippen molar-refractivity contribution in [1.82, 2.24) is 5.32 Å². The van der Waals surface area contributed by atoms with Crippen LogP contribution in [0.2, 0.25) is 5.02 Å². The maximum atomic E-state index is 11.7. The van der Waals surface area contributed by atoms with E-state index in [9.17, 15) is 8.42 Å². The lowest BCUT2D eigenvalue weighted by Crippen LogP contribution is -2.23. The van der Waals surface area contributed by atoms with Gasteiger partial charge in [-0.1, -0.05) is 17.7 Å². The summed E-state index contributed by atoms with van der Waals surface area (Å²) in [5.74, 6) is 3.11. The Morgan fingerprint density at radius 1 is 1.47 bits per heavy atom. The molecule has 0 aliphatic carbocycles. The summed E-state index contributed by atoms with van der Waals surface area (Å²) in [6.07, 6.45) is 2.45. The van der Waals surface area contributed by atoms with Crippen LogP contribution in [0.5, 0.6) is 0 Å².